The summed E-state index contributed by atoms with van der Waals surface area (Å²) in [4.78, 5) is 4.54. The molecule has 0 aliphatic heterocycles. The molecule has 0 aliphatic rings. The van der Waals surface area contributed by atoms with Crippen molar-refractivity contribution in [1.82, 2.24) is 15.2 Å². The standard InChI is InChI=1S/C21H18FN3O3S/c1-13-3-8-18(14(2)9-13)20-23-16(10-27-20)12-29-21-25-24-19(28-21)11-26-17-6-4-15(22)5-7-17/h3-10H,11-12H2,1-2H3. The van der Waals surface area contributed by atoms with Crippen LogP contribution in [0.25, 0.3) is 11.5 Å². The van der Waals surface area contributed by atoms with Crippen molar-refractivity contribution in [1.29, 1.82) is 0 Å². The van der Waals surface area contributed by atoms with E-state index in [-0.39, 0.29) is 12.4 Å². The Kier molecular flexibility index (Phi) is 5.62. The van der Waals surface area contributed by atoms with Gasteiger partial charge in [0.05, 0.1) is 5.69 Å². The Balaban J connectivity index is 1.33. The lowest BCUT2D eigenvalue weighted by Crippen LogP contribution is -1.95. The predicted octanol–water partition coefficient (Wildman–Crippen LogP) is 5.35. The first-order valence-corrected chi connectivity index (χ1v) is 9.91. The minimum atomic E-state index is -0.317. The zero-order valence-corrected chi connectivity index (χ0v) is 16.7. The fourth-order valence-electron chi connectivity index (χ4n) is 2.72. The number of thioether (sulfide) groups is 1. The van der Waals surface area contributed by atoms with Gasteiger partial charge in [-0.3, -0.25) is 0 Å². The molecular weight excluding hydrogens is 393 g/mol. The Morgan fingerprint density at radius 1 is 1.07 bits per heavy atom. The highest BCUT2D eigenvalue weighted by Crippen LogP contribution is 2.26. The molecule has 4 aromatic rings. The average molecular weight is 411 g/mol. The minimum Gasteiger partial charge on any atom is -0.484 e. The number of nitrogens with zero attached hydrogens (tertiary/aromatic N) is 3. The van der Waals surface area contributed by atoms with Crippen molar-refractivity contribution in [2.45, 2.75) is 31.4 Å². The third kappa shape index (κ3) is 4.83. The van der Waals surface area contributed by atoms with Crippen LogP contribution in [-0.4, -0.2) is 15.2 Å². The maximum Gasteiger partial charge on any atom is 0.277 e. The lowest BCUT2D eigenvalue weighted by Gasteiger charge is -2.02. The second-order valence-corrected chi connectivity index (χ2v) is 7.38. The van der Waals surface area contributed by atoms with Gasteiger partial charge in [0.25, 0.3) is 11.1 Å². The number of oxazole rings is 1. The fraction of sp³-hybridized carbons (Fsp3) is 0.190. The summed E-state index contributed by atoms with van der Waals surface area (Å²) in [6.45, 7) is 4.20. The van der Waals surface area contributed by atoms with E-state index in [2.05, 4.69) is 28.2 Å². The molecule has 0 saturated heterocycles. The maximum absolute atomic E-state index is 12.9. The summed E-state index contributed by atoms with van der Waals surface area (Å²) in [5.74, 6) is 1.68. The lowest BCUT2D eigenvalue weighted by atomic mass is 10.1. The Bertz CT molecular complexity index is 1110. The summed E-state index contributed by atoms with van der Waals surface area (Å²) in [5.41, 5.74) is 4.08. The van der Waals surface area contributed by atoms with E-state index < -0.39 is 0 Å². The third-order valence-corrected chi connectivity index (χ3v) is 4.98. The average Bonchev–Trinajstić information content (AvgIpc) is 3.35. The Hall–Kier alpha value is -3.13. The monoisotopic (exact) mass is 411 g/mol. The van der Waals surface area contributed by atoms with Crippen molar-refractivity contribution < 1.29 is 18.0 Å². The molecule has 0 amide bonds. The maximum atomic E-state index is 12.9. The number of hydrogen-bond acceptors (Lipinski definition) is 7. The second-order valence-electron chi connectivity index (χ2n) is 6.46. The molecule has 2 heterocycles. The van der Waals surface area contributed by atoms with Gasteiger partial charge >= 0.3 is 0 Å². The zero-order chi connectivity index (χ0) is 20.2. The summed E-state index contributed by atoms with van der Waals surface area (Å²) in [7, 11) is 0. The number of hydrogen-bond donors (Lipinski definition) is 0. The van der Waals surface area contributed by atoms with E-state index in [9.17, 15) is 4.39 Å². The summed E-state index contributed by atoms with van der Waals surface area (Å²) in [5, 5.41) is 8.36. The van der Waals surface area contributed by atoms with Gasteiger partial charge in [-0.2, -0.15) is 0 Å². The first-order chi connectivity index (χ1) is 14.1. The zero-order valence-electron chi connectivity index (χ0n) is 15.9. The third-order valence-electron chi connectivity index (χ3n) is 4.13. The topological polar surface area (TPSA) is 74.2 Å². The van der Waals surface area contributed by atoms with E-state index in [4.69, 9.17) is 13.6 Å². The number of halogens is 1. The highest BCUT2D eigenvalue weighted by molar-refractivity contribution is 7.98. The van der Waals surface area contributed by atoms with Crippen LogP contribution in [0.2, 0.25) is 0 Å². The largest absolute Gasteiger partial charge is 0.484 e. The smallest absolute Gasteiger partial charge is 0.277 e. The molecule has 0 radical (unpaired) electrons. The van der Waals surface area contributed by atoms with Gasteiger partial charge in [-0.25, -0.2) is 9.37 Å². The van der Waals surface area contributed by atoms with Crippen LogP contribution < -0.4 is 4.74 Å². The lowest BCUT2D eigenvalue weighted by molar-refractivity contribution is 0.252. The van der Waals surface area contributed by atoms with Crippen LogP contribution in [0.3, 0.4) is 0 Å². The van der Waals surface area contributed by atoms with Crippen molar-refractivity contribution in [2.24, 2.45) is 0 Å². The van der Waals surface area contributed by atoms with Crippen molar-refractivity contribution in [3.8, 4) is 17.2 Å². The second kappa shape index (κ2) is 8.48. The van der Waals surface area contributed by atoms with Gasteiger partial charge < -0.3 is 13.6 Å². The normalized spacial score (nSPS) is 11.0. The number of ether oxygens (including phenoxy) is 1. The van der Waals surface area contributed by atoms with Gasteiger partial charge in [-0.05, 0) is 49.7 Å². The molecule has 29 heavy (non-hydrogen) atoms. The van der Waals surface area contributed by atoms with Gasteiger partial charge in [0, 0.05) is 11.3 Å². The Morgan fingerprint density at radius 2 is 1.90 bits per heavy atom. The van der Waals surface area contributed by atoms with Gasteiger partial charge in [-0.1, -0.05) is 29.5 Å². The van der Waals surface area contributed by atoms with Gasteiger partial charge in [0.1, 0.15) is 17.8 Å². The molecule has 0 fully saturated rings. The molecule has 0 aliphatic carbocycles. The molecule has 0 atom stereocenters. The summed E-state index contributed by atoms with van der Waals surface area (Å²) in [6.07, 6.45) is 1.64. The number of aryl methyl sites for hydroxylation is 2. The van der Waals surface area contributed by atoms with E-state index in [1.807, 2.05) is 19.1 Å². The van der Waals surface area contributed by atoms with Crippen LogP contribution in [0.15, 0.2) is 62.8 Å². The quantitative estimate of drug-likeness (QED) is 0.379. The molecule has 8 heteroatoms. The van der Waals surface area contributed by atoms with Gasteiger partial charge in [0.2, 0.25) is 5.89 Å². The molecule has 0 N–H and O–H groups in total. The fourth-order valence-corrected chi connectivity index (χ4v) is 3.37. The van der Waals surface area contributed by atoms with E-state index >= 15 is 0 Å². The van der Waals surface area contributed by atoms with Crippen molar-refractivity contribution >= 4 is 11.8 Å². The summed E-state index contributed by atoms with van der Waals surface area (Å²) >= 11 is 1.37. The number of benzene rings is 2. The van der Waals surface area contributed by atoms with Crippen LogP contribution in [-0.2, 0) is 12.4 Å². The van der Waals surface area contributed by atoms with E-state index in [0.717, 1.165) is 16.8 Å². The molecule has 2 aromatic carbocycles. The Labute approximate surface area is 171 Å². The molecule has 2 aromatic heterocycles. The van der Waals surface area contributed by atoms with Gasteiger partial charge in [0.15, 0.2) is 6.61 Å². The molecule has 0 spiro atoms. The van der Waals surface area contributed by atoms with Gasteiger partial charge in [-0.15, -0.1) is 10.2 Å². The summed E-state index contributed by atoms with van der Waals surface area (Å²) < 4.78 is 29.6. The molecule has 148 valence electrons. The van der Waals surface area contributed by atoms with Crippen molar-refractivity contribution in [3.05, 3.63) is 77.3 Å². The highest BCUT2D eigenvalue weighted by atomic mass is 32.2. The molecule has 6 nitrogen and oxygen atoms in total. The van der Waals surface area contributed by atoms with E-state index in [1.165, 1.54) is 29.5 Å². The van der Waals surface area contributed by atoms with E-state index in [1.54, 1.807) is 18.4 Å². The Morgan fingerprint density at radius 3 is 2.69 bits per heavy atom. The molecule has 0 unspecified atom stereocenters. The predicted molar refractivity (Wildman–Crippen MR) is 106 cm³/mol. The highest BCUT2D eigenvalue weighted by Gasteiger charge is 2.12. The van der Waals surface area contributed by atoms with Crippen LogP contribution in [0.4, 0.5) is 4.39 Å². The van der Waals surface area contributed by atoms with Crippen LogP contribution in [0.5, 0.6) is 5.75 Å². The van der Waals surface area contributed by atoms with Crippen molar-refractivity contribution in [3.63, 3.8) is 0 Å². The number of rotatable bonds is 7. The number of aromatic nitrogens is 3. The molecule has 4 rings (SSSR count). The first kappa shape index (κ1) is 19.2. The van der Waals surface area contributed by atoms with Crippen LogP contribution >= 0.6 is 11.8 Å². The molecule has 0 saturated carbocycles. The minimum absolute atomic E-state index is 0.111. The molecular formula is C21H18FN3O3S. The van der Waals surface area contributed by atoms with Crippen LogP contribution in [0.1, 0.15) is 22.7 Å². The van der Waals surface area contributed by atoms with Crippen molar-refractivity contribution in [2.75, 3.05) is 0 Å². The SMILES string of the molecule is Cc1ccc(-c2nc(CSc3nnc(COc4ccc(F)cc4)o3)co2)c(C)c1. The van der Waals surface area contributed by atoms with E-state index in [0.29, 0.717) is 28.5 Å². The molecule has 0 bridgehead atoms. The summed E-state index contributed by atoms with van der Waals surface area (Å²) in [6, 6.07) is 11.9. The van der Waals surface area contributed by atoms with Crippen LogP contribution in [0, 0.1) is 19.7 Å². The first-order valence-electron chi connectivity index (χ1n) is 8.92.